The van der Waals surface area contributed by atoms with Gasteiger partial charge in [-0.15, -0.1) is 0 Å². The third-order valence-electron chi connectivity index (χ3n) is 4.62. The lowest BCUT2D eigenvalue weighted by Crippen LogP contribution is -2.34. The highest BCUT2D eigenvalue weighted by molar-refractivity contribution is 6.06. The van der Waals surface area contributed by atoms with Gasteiger partial charge in [-0.25, -0.2) is 9.18 Å². The van der Waals surface area contributed by atoms with Crippen LogP contribution in [-0.4, -0.2) is 20.0 Å². The van der Waals surface area contributed by atoms with Crippen LogP contribution in [0.3, 0.4) is 0 Å². The number of fused-ring (bicyclic) bond motifs is 1. The van der Waals surface area contributed by atoms with E-state index in [1.807, 2.05) is 0 Å². The van der Waals surface area contributed by atoms with Gasteiger partial charge in [-0.2, -0.15) is 0 Å². The maximum Gasteiger partial charge on any atom is 0.328 e. The fourth-order valence-corrected chi connectivity index (χ4v) is 3.09. The van der Waals surface area contributed by atoms with Gasteiger partial charge < -0.3 is 9.88 Å². The standard InChI is InChI=1S/C18H17FN4O3/c1-22-9-14(13-6-11(19)2-5-15(13)22)17(25)20-7-10-8-23(12-3-4-12)18(26)21-16(10)24/h2,5-6,8-9,12H,3-4,7H2,1H3,(H,20,25)(H,21,24,26). The zero-order valence-corrected chi connectivity index (χ0v) is 14.1. The number of halogens is 1. The normalized spacial score (nSPS) is 13.9. The summed E-state index contributed by atoms with van der Waals surface area (Å²) in [6.07, 6.45) is 4.93. The van der Waals surface area contributed by atoms with Crippen LogP contribution in [0.4, 0.5) is 4.39 Å². The minimum atomic E-state index is -0.517. The predicted octanol–water partition coefficient (Wildman–Crippen LogP) is 1.43. The molecule has 1 aliphatic carbocycles. The van der Waals surface area contributed by atoms with Crippen LogP contribution >= 0.6 is 0 Å². The summed E-state index contributed by atoms with van der Waals surface area (Å²) in [5.74, 6) is -0.838. The van der Waals surface area contributed by atoms with E-state index in [1.165, 1.54) is 22.9 Å². The smallest absolute Gasteiger partial charge is 0.328 e. The summed E-state index contributed by atoms with van der Waals surface area (Å²) in [6, 6.07) is 4.38. The minimum Gasteiger partial charge on any atom is -0.350 e. The van der Waals surface area contributed by atoms with Crippen molar-refractivity contribution in [2.24, 2.45) is 7.05 Å². The highest BCUT2D eigenvalue weighted by Crippen LogP contribution is 2.33. The van der Waals surface area contributed by atoms with E-state index < -0.39 is 23.0 Å². The van der Waals surface area contributed by atoms with E-state index in [0.717, 1.165) is 18.4 Å². The lowest BCUT2D eigenvalue weighted by Gasteiger charge is -2.07. The van der Waals surface area contributed by atoms with Crippen LogP contribution in [0.1, 0.15) is 34.8 Å². The number of H-pyrrole nitrogens is 1. The second-order valence-corrected chi connectivity index (χ2v) is 6.55. The summed E-state index contributed by atoms with van der Waals surface area (Å²) >= 11 is 0. The number of benzene rings is 1. The Morgan fingerprint density at radius 1 is 1.31 bits per heavy atom. The molecule has 1 aromatic carbocycles. The third-order valence-corrected chi connectivity index (χ3v) is 4.62. The molecule has 0 bridgehead atoms. The number of carbonyl (C=O) groups excluding carboxylic acids is 1. The first-order valence-electron chi connectivity index (χ1n) is 8.31. The second-order valence-electron chi connectivity index (χ2n) is 6.55. The first-order valence-corrected chi connectivity index (χ1v) is 8.31. The fourth-order valence-electron chi connectivity index (χ4n) is 3.09. The van der Waals surface area contributed by atoms with E-state index in [9.17, 15) is 18.8 Å². The van der Waals surface area contributed by atoms with Gasteiger partial charge in [-0.05, 0) is 31.0 Å². The number of aryl methyl sites for hydroxylation is 1. The molecular weight excluding hydrogens is 339 g/mol. The third kappa shape index (κ3) is 2.83. The Morgan fingerprint density at radius 3 is 2.81 bits per heavy atom. The molecule has 0 saturated heterocycles. The minimum absolute atomic E-state index is 0.0210. The lowest BCUT2D eigenvalue weighted by atomic mass is 10.1. The molecule has 2 N–H and O–H groups in total. The summed E-state index contributed by atoms with van der Waals surface area (Å²) in [7, 11) is 1.77. The van der Waals surface area contributed by atoms with Gasteiger partial charge in [0.05, 0.1) is 11.1 Å². The molecule has 0 aliphatic heterocycles. The van der Waals surface area contributed by atoms with Gasteiger partial charge in [0.15, 0.2) is 0 Å². The van der Waals surface area contributed by atoms with E-state index in [4.69, 9.17) is 0 Å². The molecule has 1 amide bonds. The van der Waals surface area contributed by atoms with Crippen molar-refractivity contribution in [2.75, 3.05) is 0 Å². The van der Waals surface area contributed by atoms with Crippen molar-refractivity contribution in [3.63, 3.8) is 0 Å². The van der Waals surface area contributed by atoms with E-state index in [1.54, 1.807) is 23.9 Å². The number of amides is 1. The topological polar surface area (TPSA) is 88.9 Å². The number of aromatic nitrogens is 3. The zero-order chi connectivity index (χ0) is 18.4. The summed E-state index contributed by atoms with van der Waals surface area (Å²) in [5, 5.41) is 3.18. The van der Waals surface area contributed by atoms with Crippen molar-refractivity contribution in [1.29, 1.82) is 0 Å². The average Bonchev–Trinajstić information content (AvgIpc) is 3.38. The van der Waals surface area contributed by atoms with E-state index >= 15 is 0 Å². The molecule has 8 heteroatoms. The zero-order valence-electron chi connectivity index (χ0n) is 14.1. The van der Waals surface area contributed by atoms with Crippen LogP contribution in [0, 0.1) is 5.82 Å². The van der Waals surface area contributed by atoms with Crippen LogP contribution in [0.5, 0.6) is 0 Å². The molecule has 1 saturated carbocycles. The van der Waals surface area contributed by atoms with Crippen molar-refractivity contribution in [3.05, 3.63) is 68.4 Å². The molecule has 0 unspecified atom stereocenters. The molecule has 0 spiro atoms. The second kappa shape index (κ2) is 5.98. The van der Waals surface area contributed by atoms with Crippen molar-refractivity contribution >= 4 is 16.8 Å². The van der Waals surface area contributed by atoms with Crippen LogP contribution in [0.15, 0.2) is 40.2 Å². The van der Waals surface area contributed by atoms with Gasteiger partial charge in [-0.3, -0.25) is 19.1 Å². The summed E-state index contributed by atoms with van der Waals surface area (Å²) in [4.78, 5) is 38.6. The van der Waals surface area contributed by atoms with Gasteiger partial charge in [0, 0.05) is 42.9 Å². The number of aromatic amines is 1. The Balaban J connectivity index is 1.60. The van der Waals surface area contributed by atoms with E-state index in [0.29, 0.717) is 16.5 Å². The first kappa shape index (κ1) is 16.3. The first-order chi connectivity index (χ1) is 12.4. The SMILES string of the molecule is Cn1cc(C(=O)NCc2cn(C3CC3)c(=O)[nH]c2=O)c2cc(F)ccc21. The van der Waals surface area contributed by atoms with Gasteiger partial charge in [0.2, 0.25) is 0 Å². The Bertz CT molecular complexity index is 1140. The van der Waals surface area contributed by atoms with Crippen LogP contribution in [0.25, 0.3) is 10.9 Å². The number of hydrogen-bond donors (Lipinski definition) is 2. The van der Waals surface area contributed by atoms with E-state index in [2.05, 4.69) is 10.3 Å². The lowest BCUT2D eigenvalue weighted by molar-refractivity contribution is 0.0952. The largest absolute Gasteiger partial charge is 0.350 e. The van der Waals surface area contributed by atoms with Crippen molar-refractivity contribution in [1.82, 2.24) is 19.4 Å². The summed E-state index contributed by atoms with van der Waals surface area (Å²) < 4.78 is 16.8. The molecule has 7 nitrogen and oxygen atoms in total. The number of nitrogens with zero attached hydrogens (tertiary/aromatic N) is 2. The monoisotopic (exact) mass is 356 g/mol. The molecular formula is C18H17FN4O3. The van der Waals surface area contributed by atoms with Crippen molar-refractivity contribution in [3.8, 4) is 0 Å². The fraction of sp³-hybridized carbons (Fsp3) is 0.278. The number of hydrogen-bond acceptors (Lipinski definition) is 3. The molecule has 26 heavy (non-hydrogen) atoms. The molecule has 134 valence electrons. The number of carbonyl (C=O) groups is 1. The van der Waals surface area contributed by atoms with Crippen molar-refractivity contribution in [2.45, 2.75) is 25.4 Å². The molecule has 0 radical (unpaired) electrons. The molecule has 3 aromatic rings. The quantitative estimate of drug-likeness (QED) is 0.741. The van der Waals surface area contributed by atoms with Gasteiger partial charge in [0.1, 0.15) is 5.82 Å². The van der Waals surface area contributed by atoms with Gasteiger partial charge in [0.25, 0.3) is 11.5 Å². The van der Waals surface area contributed by atoms with Crippen LogP contribution in [-0.2, 0) is 13.6 Å². The Kier molecular flexibility index (Phi) is 3.75. The molecule has 2 aromatic heterocycles. The molecule has 4 rings (SSSR count). The van der Waals surface area contributed by atoms with Crippen LogP contribution < -0.4 is 16.6 Å². The van der Waals surface area contributed by atoms with Crippen molar-refractivity contribution < 1.29 is 9.18 Å². The summed E-state index contributed by atoms with van der Waals surface area (Å²) in [6.45, 7) is -0.0210. The molecule has 1 aliphatic rings. The molecule has 2 heterocycles. The highest BCUT2D eigenvalue weighted by Gasteiger charge is 2.25. The maximum absolute atomic E-state index is 13.5. The predicted molar refractivity (Wildman–Crippen MR) is 93.6 cm³/mol. The maximum atomic E-state index is 13.5. The van der Waals surface area contributed by atoms with Gasteiger partial charge in [-0.1, -0.05) is 0 Å². The summed E-state index contributed by atoms with van der Waals surface area (Å²) in [5.41, 5.74) is 0.412. The van der Waals surface area contributed by atoms with Gasteiger partial charge >= 0.3 is 5.69 Å². The average molecular weight is 356 g/mol. The molecule has 0 atom stereocenters. The van der Waals surface area contributed by atoms with Crippen LogP contribution in [0.2, 0.25) is 0 Å². The number of rotatable bonds is 4. The highest BCUT2D eigenvalue weighted by atomic mass is 19.1. The number of nitrogens with one attached hydrogen (secondary N) is 2. The Morgan fingerprint density at radius 2 is 2.08 bits per heavy atom. The Labute approximate surface area is 147 Å². The van der Waals surface area contributed by atoms with E-state index in [-0.39, 0.29) is 12.6 Å². The molecule has 1 fully saturated rings. The Hall–Kier alpha value is -3.16.